The fourth-order valence-corrected chi connectivity index (χ4v) is 1.68. The fourth-order valence-electron chi connectivity index (χ4n) is 1.68. The molecule has 0 spiro atoms. The van der Waals surface area contributed by atoms with Crippen molar-refractivity contribution in [2.45, 2.75) is 26.9 Å². The molecule has 19 heavy (non-hydrogen) atoms. The minimum absolute atomic E-state index is 0.469. The maximum atomic E-state index is 12.1. The van der Waals surface area contributed by atoms with Gasteiger partial charge in [-0.3, -0.25) is 4.79 Å². The Morgan fingerprint density at radius 3 is 2.47 bits per heavy atom. The lowest BCUT2D eigenvalue weighted by molar-refractivity contribution is -0.148. The Labute approximate surface area is 114 Å². The topological polar surface area (TPSA) is 46.5 Å². The Kier molecular flexibility index (Phi) is 5.07. The van der Waals surface area contributed by atoms with Crippen LogP contribution in [0.3, 0.4) is 0 Å². The number of carbonyl (C=O) groups is 1. The van der Waals surface area contributed by atoms with E-state index in [9.17, 15) is 9.90 Å². The average Bonchev–Trinajstić information content (AvgIpc) is 2.39. The molecule has 1 N–H and O–H groups in total. The lowest BCUT2D eigenvalue weighted by Gasteiger charge is -2.28. The second-order valence-corrected chi connectivity index (χ2v) is 4.97. The lowest BCUT2D eigenvalue weighted by Crippen LogP contribution is -2.40. The van der Waals surface area contributed by atoms with Crippen molar-refractivity contribution in [2.75, 3.05) is 0 Å². The second kappa shape index (κ2) is 6.34. The molecule has 3 heteroatoms. The molecule has 0 amide bonds. The molecule has 1 aromatic carbocycles. The van der Waals surface area contributed by atoms with E-state index in [4.69, 9.17) is 4.74 Å². The summed E-state index contributed by atoms with van der Waals surface area (Å²) >= 11 is 0. The molecule has 0 saturated carbocycles. The van der Waals surface area contributed by atoms with E-state index in [1.165, 1.54) is 0 Å². The maximum Gasteiger partial charge on any atom is 0.319 e. The van der Waals surface area contributed by atoms with Crippen molar-refractivity contribution < 1.29 is 14.6 Å². The number of allylic oxidation sites excluding steroid dienone is 2. The van der Waals surface area contributed by atoms with Gasteiger partial charge in [-0.25, -0.2) is 0 Å². The second-order valence-electron chi connectivity index (χ2n) is 4.97. The molecule has 0 bridgehead atoms. The van der Waals surface area contributed by atoms with Crippen LogP contribution in [0, 0.1) is 5.41 Å². The van der Waals surface area contributed by atoms with Gasteiger partial charge in [0.15, 0.2) is 0 Å². The van der Waals surface area contributed by atoms with E-state index < -0.39 is 17.5 Å². The standard InChI is InChI=1S/C16H20O3/c1-5-9-12(2)14(17)16(3,4)15(18)19-13-10-7-6-8-11-13/h5-11,14,17H,1H2,2-4H3/b12-9-. The molecule has 0 aliphatic rings. The quantitative estimate of drug-likeness (QED) is 0.502. The SMILES string of the molecule is C=C/C=C(/C)C(O)C(C)(C)C(=O)Oc1ccccc1. The summed E-state index contributed by atoms with van der Waals surface area (Å²) in [7, 11) is 0. The Morgan fingerprint density at radius 2 is 1.95 bits per heavy atom. The molecule has 0 aliphatic carbocycles. The van der Waals surface area contributed by atoms with Gasteiger partial charge >= 0.3 is 5.97 Å². The molecule has 1 aromatic rings. The number of ether oxygens (including phenoxy) is 1. The number of para-hydroxylation sites is 1. The molecule has 0 aliphatic heterocycles. The van der Waals surface area contributed by atoms with Crippen molar-refractivity contribution in [3.63, 3.8) is 0 Å². The van der Waals surface area contributed by atoms with E-state index in [0.717, 1.165) is 0 Å². The zero-order valence-electron chi connectivity index (χ0n) is 11.6. The van der Waals surface area contributed by atoms with Crippen LogP contribution in [-0.2, 0) is 4.79 Å². The van der Waals surface area contributed by atoms with E-state index in [-0.39, 0.29) is 0 Å². The van der Waals surface area contributed by atoms with Gasteiger partial charge in [-0.05, 0) is 38.5 Å². The summed E-state index contributed by atoms with van der Waals surface area (Å²) in [4.78, 5) is 12.1. The van der Waals surface area contributed by atoms with Crippen LogP contribution in [0.4, 0.5) is 0 Å². The van der Waals surface area contributed by atoms with Gasteiger partial charge in [0.25, 0.3) is 0 Å². The Morgan fingerprint density at radius 1 is 1.37 bits per heavy atom. The summed E-state index contributed by atoms with van der Waals surface area (Å²) in [6.45, 7) is 8.64. The van der Waals surface area contributed by atoms with Gasteiger partial charge in [0, 0.05) is 0 Å². The first-order chi connectivity index (χ1) is 8.89. The third kappa shape index (κ3) is 3.80. The van der Waals surface area contributed by atoms with Crippen molar-refractivity contribution in [3.8, 4) is 5.75 Å². The summed E-state index contributed by atoms with van der Waals surface area (Å²) < 4.78 is 5.28. The maximum absolute atomic E-state index is 12.1. The number of aliphatic hydroxyl groups is 1. The first-order valence-corrected chi connectivity index (χ1v) is 6.14. The average molecular weight is 260 g/mol. The predicted octanol–water partition coefficient (Wildman–Crippen LogP) is 3.11. The van der Waals surface area contributed by atoms with E-state index in [1.54, 1.807) is 57.2 Å². The highest BCUT2D eigenvalue weighted by Gasteiger charge is 2.38. The molecule has 1 unspecified atom stereocenters. The zero-order valence-corrected chi connectivity index (χ0v) is 11.6. The van der Waals surface area contributed by atoms with Crippen LogP contribution in [-0.4, -0.2) is 17.2 Å². The first-order valence-electron chi connectivity index (χ1n) is 6.14. The van der Waals surface area contributed by atoms with Crippen LogP contribution < -0.4 is 4.74 Å². The molecule has 0 fully saturated rings. The van der Waals surface area contributed by atoms with Gasteiger partial charge < -0.3 is 9.84 Å². The molecule has 1 atom stereocenters. The largest absolute Gasteiger partial charge is 0.426 e. The van der Waals surface area contributed by atoms with Gasteiger partial charge in [-0.2, -0.15) is 0 Å². The molecule has 0 aromatic heterocycles. The van der Waals surface area contributed by atoms with Crippen LogP contribution in [0.5, 0.6) is 5.75 Å². The first kappa shape index (κ1) is 15.2. The minimum Gasteiger partial charge on any atom is -0.426 e. The number of hydrogen-bond donors (Lipinski definition) is 1. The monoisotopic (exact) mass is 260 g/mol. The van der Waals surface area contributed by atoms with Crippen molar-refractivity contribution in [3.05, 3.63) is 54.6 Å². The van der Waals surface area contributed by atoms with Gasteiger partial charge in [0.05, 0.1) is 11.5 Å². The van der Waals surface area contributed by atoms with Crippen LogP contribution in [0.15, 0.2) is 54.6 Å². The van der Waals surface area contributed by atoms with Crippen LogP contribution in [0.25, 0.3) is 0 Å². The smallest absolute Gasteiger partial charge is 0.319 e. The number of hydrogen-bond acceptors (Lipinski definition) is 3. The summed E-state index contributed by atoms with van der Waals surface area (Å²) in [5, 5.41) is 10.2. The molecule has 0 heterocycles. The molecule has 0 saturated heterocycles. The van der Waals surface area contributed by atoms with Crippen molar-refractivity contribution in [1.29, 1.82) is 0 Å². The van der Waals surface area contributed by atoms with Crippen molar-refractivity contribution in [2.24, 2.45) is 5.41 Å². The van der Waals surface area contributed by atoms with Crippen molar-refractivity contribution >= 4 is 5.97 Å². The van der Waals surface area contributed by atoms with E-state index in [0.29, 0.717) is 11.3 Å². The highest BCUT2D eigenvalue weighted by Crippen LogP contribution is 2.28. The van der Waals surface area contributed by atoms with Crippen LogP contribution in [0.2, 0.25) is 0 Å². The van der Waals surface area contributed by atoms with Gasteiger partial charge in [0.1, 0.15) is 5.75 Å². The highest BCUT2D eigenvalue weighted by molar-refractivity contribution is 5.79. The Balaban J connectivity index is 2.85. The molecular formula is C16H20O3. The van der Waals surface area contributed by atoms with Crippen molar-refractivity contribution in [1.82, 2.24) is 0 Å². The Bertz CT molecular complexity index is 472. The summed E-state index contributed by atoms with van der Waals surface area (Å²) in [6.07, 6.45) is 2.35. The highest BCUT2D eigenvalue weighted by atomic mass is 16.5. The van der Waals surface area contributed by atoms with E-state index in [2.05, 4.69) is 6.58 Å². The number of rotatable bonds is 5. The van der Waals surface area contributed by atoms with E-state index in [1.807, 2.05) is 6.07 Å². The normalized spacial score (nSPS) is 13.8. The minimum atomic E-state index is -1.03. The van der Waals surface area contributed by atoms with E-state index >= 15 is 0 Å². The number of benzene rings is 1. The third-order valence-corrected chi connectivity index (χ3v) is 2.98. The summed E-state index contributed by atoms with van der Waals surface area (Å²) in [5.41, 5.74) is -0.357. The van der Waals surface area contributed by atoms with Crippen LogP contribution in [0.1, 0.15) is 20.8 Å². The number of esters is 1. The molecular weight excluding hydrogens is 240 g/mol. The summed E-state index contributed by atoms with van der Waals surface area (Å²) in [5.74, 6) is 0.00106. The van der Waals surface area contributed by atoms with Gasteiger partial charge in [-0.1, -0.05) is 36.9 Å². The fraction of sp³-hybridized carbons (Fsp3) is 0.312. The zero-order chi connectivity index (χ0) is 14.5. The molecule has 102 valence electrons. The third-order valence-electron chi connectivity index (χ3n) is 2.98. The molecule has 1 rings (SSSR count). The number of aliphatic hydroxyl groups excluding tert-OH is 1. The summed E-state index contributed by atoms with van der Waals surface area (Å²) in [6, 6.07) is 8.82. The lowest BCUT2D eigenvalue weighted by atomic mass is 9.83. The predicted molar refractivity (Wildman–Crippen MR) is 75.8 cm³/mol. The van der Waals surface area contributed by atoms with Crippen LogP contribution >= 0.6 is 0 Å². The molecule has 3 nitrogen and oxygen atoms in total. The van der Waals surface area contributed by atoms with Gasteiger partial charge in [-0.15, -0.1) is 0 Å². The van der Waals surface area contributed by atoms with Gasteiger partial charge in [0.2, 0.25) is 0 Å². The molecule has 0 radical (unpaired) electrons. The number of carbonyl (C=O) groups excluding carboxylic acids is 1. The Hall–Kier alpha value is -1.87.